The minimum Gasteiger partial charge on any atom is -0.490 e. The summed E-state index contributed by atoms with van der Waals surface area (Å²) in [7, 11) is 1.60. The third-order valence-electron chi connectivity index (χ3n) is 2.11. The monoisotopic (exact) mass is 238 g/mol. The summed E-state index contributed by atoms with van der Waals surface area (Å²) in [6.07, 6.45) is 0. The van der Waals surface area contributed by atoms with Crippen LogP contribution in [0.2, 0.25) is 0 Å². The van der Waals surface area contributed by atoms with E-state index >= 15 is 0 Å². The Morgan fingerprint density at radius 2 is 2.12 bits per heavy atom. The van der Waals surface area contributed by atoms with E-state index in [0.717, 1.165) is 0 Å². The number of hydrogen-bond donors (Lipinski definition) is 2. The van der Waals surface area contributed by atoms with Crippen molar-refractivity contribution >= 4 is 5.91 Å². The van der Waals surface area contributed by atoms with E-state index in [1.165, 1.54) is 0 Å². The van der Waals surface area contributed by atoms with Crippen LogP contribution in [-0.4, -0.2) is 39.3 Å². The van der Waals surface area contributed by atoms with Crippen LogP contribution in [0.3, 0.4) is 0 Å². The van der Waals surface area contributed by atoms with Crippen molar-refractivity contribution in [1.29, 1.82) is 0 Å². The van der Waals surface area contributed by atoms with E-state index in [2.05, 4.69) is 5.32 Å². The van der Waals surface area contributed by atoms with Gasteiger partial charge in [-0.25, -0.2) is 0 Å². The lowest BCUT2D eigenvalue weighted by Gasteiger charge is -2.10. The van der Waals surface area contributed by atoms with Crippen LogP contribution in [0.15, 0.2) is 24.3 Å². The van der Waals surface area contributed by atoms with Crippen molar-refractivity contribution in [2.75, 3.05) is 33.4 Å². The molecule has 0 aromatic heterocycles. The fourth-order valence-electron chi connectivity index (χ4n) is 1.30. The van der Waals surface area contributed by atoms with Crippen LogP contribution in [0.4, 0.5) is 0 Å². The van der Waals surface area contributed by atoms with E-state index in [4.69, 9.17) is 15.2 Å². The Balaban J connectivity index is 2.66. The van der Waals surface area contributed by atoms with Crippen LogP contribution >= 0.6 is 0 Å². The highest BCUT2D eigenvalue weighted by Crippen LogP contribution is 2.17. The Morgan fingerprint density at radius 1 is 1.35 bits per heavy atom. The van der Waals surface area contributed by atoms with Gasteiger partial charge < -0.3 is 20.5 Å². The molecule has 0 saturated heterocycles. The van der Waals surface area contributed by atoms with Gasteiger partial charge in [-0.2, -0.15) is 0 Å². The molecule has 17 heavy (non-hydrogen) atoms. The number of benzene rings is 1. The van der Waals surface area contributed by atoms with Crippen molar-refractivity contribution < 1.29 is 14.3 Å². The van der Waals surface area contributed by atoms with Crippen LogP contribution in [0.1, 0.15) is 10.4 Å². The molecule has 1 aromatic carbocycles. The van der Waals surface area contributed by atoms with Crippen LogP contribution in [0.25, 0.3) is 0 Å². The molecule has 3 N–H and O–H groups in total. The SMILES string of the molecule is COCCOc1ccccc1C(=O)NCCN. The minimum atomic E-state index is -0.177. The summed E-state index contributed by atoms with van der Waals surface area (Å²) in [5, 5.41) is 2.70. The summed E-state index contributed by atoms with van der Waals surface area (Å²) in [6, 6.07) is 7.09. The number of para-hydroxylation sites is 1. The standard InChI is InChI=1S/C12H18N2O3/c1-16-8-9-17-11-5-3-2-4-10(11)12(15)14-7-6-13/h2-5H,6-9,13H2,1H3,(H,14,15). The van der Waals surface area contributed by atoms with Crippen molar-refractivity contribution in [2.24, 2.45) is 5.73 Å². The first-order valence-electron chi connectivity index (χ1n) is 5.48. The molecule has 1 aromatic rings. The predicted octanol–water partition coefficient (Wildman–Crippen LogP) is 0.400. The normalized spacial score (nSPS) is 10.0. The molecule has 5 nitrogen and oxygen atoms in total. The van der Waals surface area contributed by atoms with Crippen LogP contribution < -0.4 is 15.8 Å². The minimum absolute atomic E-state index is 0.177. The number of methoxy groups -OCH3 is 1. The van der Waals surface area contributed by atoms with E-state index in [1.807, 2.05) is 6.07 Å². The number of carbonyl (C=O) groups is 1. The van der Waals surface area contributed by atoms with E-state index in [0.29, 0.717) is 37.6 Å². The number of carbonyl (C=O) groups excluding carboxylic acids is 1. The molecule has 0 spiro atoms. The van der Waals surface area contributed by atoms with Crippen molar-refractivity contribution in [3.8, 4) is 5.75 Å². The number of nitrogens with two attached hydrogens (primary N) is 1. The van der Waals surface area contributed by atoms with Gasteiger partial charge in [-0.3, -0.25) is 4.79 Å². The summed E-state index contributed by atoms with van der Waals surface area (Å²) >= 11 is 0. The molecular formula is C12H18N2O3. The molecule has 0 aliphatic carbocycles. The topological polar surface area (TPSA) is 73.6 Å². The number of ether oxygens (including phenoxy) is 2. The van der Waals surface area contributed by atoms with Crippen molar-refractivity contribution in [3.63, 3.8) is 0 Å². The summed E-state index contributed by atoms with van der Waals surface area (Å²) in [5.41, 5.74) is 5.84. The lowest BCUT2D eigenvalue weighted by atomic mass is 10.2. The number of rotatable bonds is 7. The molecule has 0 bridgehead atoms. The van der Waals surface area contributed by atoms with Gasteiger partial charge in [0.25, 0.3) is 5.91 Å². The molecule has 0 atom stereocenters. The summed E-state index contributed by atoms with van der Waals surface area (Å²) < 4.78 is 10.3. The predicted molar refractivity (Wildman–Crippen MR) is 65.2 cm³/mol. The highest BCUT2D eigenvalue weighted by Gasteiger charge is 2.10. The molecule has 0 heterocycles. The van der Waals surface area contributed by atoms with Gasteiger partial charge in [0.2, 0.25) is 0 Å². The first kappa shape index (κ1) is 13.5. The largest absolute Gasteiger partial charge is 0.490 e. The second-order valence-corrected chi connectivity index (χ2v) is 3.38. The summed E-state index contributed by atoms with van der Waals surface area (Å²) in [6.45, 7) is 1.76. The lowest BCUT2D eigenvalue weighted by Crippen LogP contribution is -2.29. The van der Waals surface area contributed by atoms with Gasteiger partial charge in [-0.15, -0.1) is 0 Å². The van der Waals surface area contributed by atoms with Crippen molar-refractivity contribution in [3.05, 3.63) is 29.8 Å². The molecule has 0 saturated carbocycles. The summed E-state index contributed by atoms with van der Waals surface area (Å²) in [5.74, 6) is 0.377. The van der Waals surface area contributed by atoms with Crippen molar-refractivity contribution in [2.45, 2.75) is 0 Å². The van der Waals surface area contributed by atoms with Gasteiger partial charge in [-0.1, -0.05) is 12.1 Å². The van der Waals surface area contributed by atoms with E-state index in [-0.39, 0.29) is 5.91 Å². The van der Waals surface area contributed by atoms with Gasteiger partial charge in [0, 0.05) is 20.2 Å². The van der Waals surface area contributed by atoms with Gasteiger partial charge in [-0.05, 0) is 12.1 Å². The molecule has 0 radical (unpaired) electrons. The zero-order valence-corrected chi connectivity index (χ0v) is 9.94. The second-order valence-electron chi connectivity index (χ2n) is 3.38. The van der Waals surface area contributed by atoms with Crippen LogP contribution in [0, 0.1) is 0 Å². The Labute approximate surface area is 101 Å². The average molecular weight is 238 g/mol. The fourth-order valence-corrected chi connectivity index (χ4v) is 1.30. The zero-order chi connectivity index (χ0) is 12.5. The highest BCUT2D eigenvalue weighted by molar-refractivity contribution is 5.96. The molecule has 5 heteroatoms. The average Bonchev–Trinajstić information content (AvgIpc) is 2.37. The van der Waals surface area contributed by atoms with E-state index in [9.17, 15) is 4.79 Å². The number of nitrogens with one attached hydrogen (secondary N) is 1. The first-order valence-corrected chi connectivity index (χ1v) is 5.48. The molecule has 0 unspecified atom stereocenters. The van der Waals surface area contributed by atoms with E-state index in [1.54, 1.807) is 25.3 Å². The van der Waals surface area contributed by atoms with Gasteiger partial charge in [0.05, 0.1) is 12.2 Å². The zero-order valence-electron chi connectivity index (χ0n) is 9.94. The molecular weight excluding hydrogens is 220 g/mol. The maximum atomic E-state index is 11.8. The summed E-state index contributed by atoms with van der Waals surface area (Å²) in [4.78, 5) is 11.8. The molecule has 0 aliphatic heterocycles. The Bertz CT molecular complexity index is 355. The molecule has 0 aliphatic rings. The Morgan fingerprint density at radius 3 is 2.82 bits per heavy atom. The highest BCUT2D eigenvalue weighted by atomic mass is 16.5. The number of amides is 1. The van der Waals surface area contributed by atoms with Crippen LogP contribution in [0.5, 0.6) is 5.75 Å². The van der Waals surface area contributed by atoms with Gasteiger partial charge >= 0.3 is 0 Å². The maximum Gasteiger partial charge on any atom is 0.255 e. The quantitative estimate of drug-likeness (QED) is 0.674. The molecule has 1 amide bonds. The Kier molecular flexibility index (Phi) is 6.06. The van der Waals surface area contributed by atoms with Gasteiger partial charge in [0.15, 0.2) is 0 Å². The van der Waals surface area contributed by atoms with Crippen molar-refractivity contribution in [1.82, 2.24) is 5.32 Å². The molecule has 94 valence electrons. The third-order valence-corrected chi connectivity index (χ3v) is 2.11. The smallest absolute Gasteiger partial charge is 0.255 e. The Hall–Kier alpha value is -1.59. The third kappa shape index (κ3) is 4.42. The lowest BCUT2D eigenvalue weighted by molar-refractivity contribution is 0.0947. The second kappa shape index (κ2) is 7.65. The maximum absolute atomic E-state index is 11.8. The number of hydrogen-bond acceptors (Lipinski definition) is 4. The first-order chi connectivity index (χ1) is 8.29. The molecule has 0 fully saturated rings. The fraction of sp³-hybridized carbons (Fsp3) is 0.417. The van der Waals surface area contributed by atoms with E-state index < -0.39 is 0 Å². The molecule has 1 rings (SSSR count). The van der Waals surface area contributed by atoms with Crippen LogP contribution in [-0.2, 0) is 4.74 Å². The van der Waals surface area contributed by atoms with Gasteiger partial charge in [0.1, 0.15) is 12.4 Å².